The highest BCUT2D eigenvalue weighted by Crippen LogP contribution is 2.32. The van der Waals surface area contributed by atoms with Crippen LogP contribution in [0.2, 0.25) is 0 Å². The van der Waals surface area contributed by atoms with Gasteiger partial charge in [-0.25, -0.2) is 4.39 Å². The summed E-state index contributed by atoms with van der Waals surface area (Å²) in [4.78, 5) is 25.5. The number of aromatic amines is 1. The van der Waals surface area contributed by atoms with Crippen LogP contribution in [0.15, 0.2) is 30.5 Å². The van der Waals surface area contributed by atoms with Crippen LogP contribution in [-0.2, 0) is 4.79 Å². The number of aliphatic carboxylic acids is 1. The molecular formula is C16H16FN3O3. The molecule has 1 fully saturated rings. The summed E-state index contributed by atoms with van der Waals surface area (Å²) in [5.41, 5.74) is -0.146. The molecule has 120 valence electrons. The first-order valence-corrected chi connectivity index (χ1v) is 7.23. The van der Waals surface area contributed by atoms with E-state index in [0.29, 0.717) is 18.7 Å². The number of aromatic nitrogens is 2. The number of carboxylic acids is 1. The van der Waals surface area contributed by atoms with Crippen LogP contribution in [-0.4, -0.2) is 45.2 Å². The van der Waals surface area contributed by atoms with E-state index in [1.165, 1.54) is 17.2 Å². The first kappa shape index (κ1) is 15.2. The molecule has 0 bridgehead atoms. The first-order chi connectivity index (χ1) is 10.9. The fourth-order valence-corrected chi connectivity index (χ4v) is 2.80. The van der Waals surface area contributed by atoms with Crippen LogP contribution in [0.3, 0.4) is 0 Å². The fraction of sp³-hybridized carbons (Fsp3) is 0.312. The first-order valence-electron chi connectivity index (χ1n) is 7.23. The standard InChI is InChI=1S/C16H16FN3O3/c1-16(15(22)23)6-7-20(9-16)14(21)11-8-18-19-13(11)10-4-2-3-5-12(10)17/h2-5,8H,6-7,9H2,1H3,(H,18,19)(H,22,23). The number of hydrogen-bond donors (Lipinski definition) is 2. The van der Waals surface area contributed by atoms with E-state index >= 15 is 0 Å². The third-order valence-corrected chi connectivity index (χ3v) is 4.29. The van der Waals surface area contributed by atoms with Crippen molar-refractivity contribution in [2.75, 3.05) is 13.1 Å². The largest absolute Gasteiger partial charge is 0.481 e. The van der Waals surface area contributed by atoms with Gasteiger partial charge in [0.1, 0.15) is 5.82 Å². The van der Waals surface area contributed by atoms with E-state index in [-0.39, 0.29) is 23.6 Å². The highest BCUT2D eigenvalue weighted by Gasteiger charge is 2.42. The normalized spacial score (nSPS) is 20.7. The van der Waals surface area contributed by atoms with Crippen molar-refractivity contribution in [3.05, 3.63) is 41.8 Å². The molecule has 1 aromatic carbocycles. The van der Waals surface area contributed by atoms with Gasteiger partial charge in [-0.05, 0) is 25.5 Å². The van der Waals surface area contributed by atoms with Crippen molar-refractivity contribution < 1.29 is 19.1 Å². The molecule has 0 radical (unpaired) electrons. The third kappa shape index (κ3) is 2.58. The molecule has 2 N–H and O–H groups in total. The van der Waals surface area contributed by atoms with Crippen LogP contribution in [0.4, 0.5) is 4.39 Å². The molecule has 2 heterocycles. The lowest BCUT2D eigenvalue weighted by Gasteiger charge is -2.20. The second-order valence-electron chi connectivity index (χ2n) is 5.98. The Kier molecular flexibility index (Phi) is 3.63. The van der Waals surface area contributed by atoms with Crippen LogP contribution >= 0.6 is 0 Å². The summed E-state index contributed by atoms with van der Waals surface area (Å²) in [6, 6.07) is 6.10. The smallest absolute Gasteiger partial charge is 0.311 e. The lowest BCUT2D eigenvalue weighted by atomic mass is 9.90. The Morgan fingerprint density at radius 2 is 2.13 bits per heavy atom. The zero-order chi connectivity index (χ0) is 16.6. The Balaban J connectivity index is 1.90. The van der Waals surface area contributed by atoms with Crippen LogP contribution < -0.4 is 0 Å². The van der Waals surface area contributed by atoms with Crippen molar-refractivity contribution in [2.24, 2.45) is 5.41 Å². The van der Waals surface area contributed by atoms with Gasteiger partial charge in [-0.15, -0.1) is 0 Å². The third-order valence-electron chi connectivity index (χ3n) is 4.29. The molecule has 23 heavy (non-hydrogen) atoms. The Morgan fingerprint density at radius 3 is 2.78 bits per heavy atom. The maximum absolute atomic E-state index is 14.0. The quantitative estimate of drug-likeness (QED) is 0.908. The number of H-pyrrole nitrogens is 1. The van der Waals surface area contributed by atoms with E-state index in [9.17, 15) is 19.1 Å². The van der Waals surface area contributed by atoms with Crippen LogP contribution in [0.1, 0.15) is 23.7 Å². The zero-order valence-electron chi connectivity index (χ0n) is 12.5. The van der Waals surface area contributed by atoms with E-state index in [1.807, 2.05) is 0 Å². The zero-order valence-corrected chi connectivity index (χ0v) is 12.5. The molecule has 2 aromatic rings. The molecule has 1 atom stereocenters. The van der Waals surface area contributed by atoms with Gasteiger partial charge in [0.15, 0.2) is 0 Å². The number of amides is 1. The Morgan fingerprint density at radius 1 is 1.39 bits per heavy atom. The molecule has 0 aliphatic carbocycles. The number of halogens is 1. The summed E-state index contributed by atoms with van der Waals surface area (Å²) >= 11 is 0. The predicted molar refractivity (Wildman–Crippen MR) is 80.2 cm³/mol. The van der Waals surface area contributed by atoms with Gasteiger partial charge in [0, 0.05) is 18.7 Å². The average Bonchev–Trinajstić information content (AvgIpc) is 3.15. The van der Waals surface area contributed by atoms with E-state index in [0.717, 1.165) is 0 Å². The van der Waals surface area contributed by atoms with Gasteiger partial charge in [0.25, 0.3) is 5.91 Å². The van der Waals surface area contributed by atoms with Gasteiger partial charge in [-0.2, -0.15) is 5.10 Å². The SMILES string of the molecule is CC1(C(=O)O)CCN(C(=O)c2cn[nH]c2-c2ccccc2F)C1. The van der Waals surface area contributed by atoms with Gasteiger partial charge in [0.2, 0.25) is 0 Å². The minimum absolute atomic E-state index is 0.128. The lowest BCUT2D eigenvalue weighted by Crippen LogP contribution is -2.34. The van der Waals surface area contributed by atoms with Gasteiger partial charge in [-0.1, -0.05) is 12.1 Å². The molecule has 1 saturated heterocycles. The Bertz CT molecular complexity index is 773. The average molecular weight is 317 g/mol. The van der Waals surface area contributed by atoms with Gasteiger partial charge >= 0.3 is 5.97 Å². The van der Waals surface area contributed by atoms with Crippen molar-refractivity contribution in [1.29, 1.82) is 0 Å². The van der Waals surface area contributed by atoms with Crippen molar-refractivity contribution in [3.63, 3.8) is 0 Å². The molecule has 6 nitrogen and oxygen atoms in total. The molecular weight excluding hydrogens is 301 g/mol. The second-order valence-corrected chi connectivity index (χ2v) is 5.98. The minimum atomic E-state index is -0.947. The van der Waals surface area contributed by atoms with E-state index in [4.69, 9.17) is 0 Å². The molecule has 1 amide bonds. The number of nitrogens with zero attached hydrogens (tertiary/aromatic N) is 2. The number of hydrogen-bond acceptors (Lipinski definition) is 3. The summed E-state index contributed by atoms with van der Waals surface area (Å²) in [7, 11) is 0. The number of carbonyl (C=O) groups is 2. The number of carbonyl (C=O) groups excluding carboxylic acids is 1. The minimum Gasteiger partial charge on any atom is -0.481 e. The summed E-state index contributed by atoms with van der Waals surface area (Å²) in [5, 5.41) is 15.8. The number of likely N-dealkylation sites (tertiary alicyclic amines) is 1. The van der Waals surface area contributed by atoms with Crippen LogP contribution in [0.25, 0.3) is 11.3 Å². The Labute approximate surface area is 131 Å². The maximum Gasteiger partial charge on any atom is 0.311 e. The maximum atomic E-state index is 14.0. The molecule has 1 aliphatic rings. The summed E-state index contributed by atoms with van der Waals surface area (Å²) in [6.07, 6.45) is 1.74. The molecule has 1 unspecified atom stereocenters. The van der Waals surface area contributed by atoms with E-state index in [2.05, 4.69) is 10.2 Å². The monoisotopic (exact) mass is 317 g/mol. The number of rotatable bonds is 3. The van der Waals surface area contributed by atoms with Crippen LogP contribution in [0.5, 0.6) is 0 Å². The summed E-state index contributed by atoms with van der Waals surface area (Å²) in [6.45, 7) is 2.10. The van der Waals surface area contributed by atoms with E-state index in [1.54, 1.807) is 25.1 Å². The van der Waals surface area contributed by atoms with E-state index < -0.39 is 17.2 Å². The summed E-state index contributed by atoms with van der Waals surface area (Å²) in [5.74, 6) is -1.72. The predicted octanol–water partition coefficient (Wildman–Crippen LogP) is 2.15. The van der Waals surface area contributed by atoms with Crippen molar-refractivity contribution in [2.45, 2.75) is 13.3 Å². The molecule has 0 spiro atoms. The van der Waals surface area contributed by atoms with Crippen molar-refractivity contribution >= 4 is 11.9 Å². The fourth-order valence-electron chi connectivity index (χ4n) is 2.80. The number of benzene rings is 1. The number of nitrogens with one attached hydrogen (secondary N) is 1. The molecule has 3 rings (SSSR count). The number of carboxylic acid groups (broad SMARTS) is 1. The van der Waals surface area contributed by atoms with Crippen molar-refractivity contribution in [3.8, 4) is 11.3 Å². The molecule has 7 heteroatoms. The molecule has 0 saturated carbocycles. The summed E-state index contributed by atoms with van der Waals surface area (Å²) < 4.78 is 14.0. The molecule has 1 aromatic heterocycles. The topological polar surface area (TPSA) is 86.3 Å². The van der Waals surface area contributed by atoms with Crippen molar-refractivity contribution in [1.82, 2.24) is 15.1 Å². The van der Waals surface area contributed by atoms with Crippen LogP contribution in [0, 0.1) is 11.2 Å². The highest BCUT2D eigenvalue weighted by molar-refractivity contribution is 6.00. The second kappa shape index (κ2) is 5.49. The molecule has 1 aliphatic heterocycles. The van der Waals surface area contributed by atoms with Gasteiger partial charge in [0.05, 0.1) is 22.9 Å². The highest BCUT2D eigenvalue weighted by atomic mass is 19.1. The Hall–Kier alpha value is -2.70. The van der Waals surface area contributed by atoms with Gasteiger partial charge in [-0.3, -0.25) is 14.7 Å². The van der Waals surface area contributed by atoms with Gasteiger partial charge < -0.3 is 10.0 Å². The lowest BCUT2D eigenvalue weighted by molar-refractivity contribution is -0.147.